The number of nitrogens with one attached hydrogen (secondary N) is 2. The summed E-state index contributed by atoms with van der Waals surface area (Å²) in [5.74, 6) is -0.0619. The van der Waals surface area contributed by atoms with E-state index in [0.29, 0.717) is 11.3 Å². The maximum Gasteiger partial charge on any atom is 0.319 e. The number of carbonyl (C=O) groups excluding carboxylic acids is 2. The number of rotatable bonds is 3. The molecule has 1 aromatic carbocycles. The molecule has 0 aliphatic rings. The Morgan fingerprint density at radius 2 is 1.67 bits per heavy atom. The quantitative estimate of drug-likeness (QED) is 0.859. The van der Waals surface area contributed by atoms with E-state index in [9.17, 15) is 9.59 Å². The molecular weight excluding hydrogens is 230 g/mol. The third-order valence-corrected chi connectivity index (χ3v) is 2.22. The highest BCUT2D eigenvalue weighted by atomic mass is 16.2. The summed E-state index contributed by atoms with van der Waals surface area (Å²) in [5, 5.41) is 5.42. The predicted molar refractivity (Wildman–Crippen MR) is 71.7 cm³/mol. The zero-order chi connectivity index (χ0) is 13.7. The van der Waals surface area contributed by atoms with Gasteiger partial charge >= 0.3 is 6.03 Å². The second-order valence-corrected chi connectivity index (χ2v) is 4.53. The van der Waals surface area contributed by atoms with E-state index in [0.717, 1.165) is 0 Å². The number of nitrogens with zero attached hydrogens (tertiary/aromatic N) is 1. The van der Waals surface area contributed by atoms with Gasteiger partial charge in [-0.05, 0) is 38.1 Å². The summed E-state index contributed by atoms with van der Waals surface area (Å²) < 4.78 is 0. The fraction of sp³-hybridized carbons (Fsp3) is 0.385. The lowest BCUT2D eigenvalue weighted by Gasteiger charge is -2.12. The van der Waals surface area contributed by atoms with Crippen molar-refractivity contribution in [3.8, 4) is 0 Å². The third-order valence-electron chi connectivity index (χ3n) is 2.22. The number of carbonyl (C=O) groups is 2. The van der Waals surface area contributed by atoms with Crippen LogP contribution in [0.2, 0.25) is 0 Å². The highest BCUT2D eigenvalue weighted by Crippen LogP contribution is 2.10. The van der Waals surface area contributed by atoms with Gasteiger partial charge in [0, 0.05) is 31.4 Å². The van der Waals surface area contributed by atoms with Gasteiger partial charge < -0.3 is 15.5 Å². The first-order chi connectivity index (χ1) is 8.40. The minimum absolute atomic E-state index is 0.0619. The summed E-state index contributed by atoms with van der Waals surface area (Å²) in [6.07, 6.45) is 0. The summed E-state index contributed by atoms with van der Waals surface area (Å²) in [5.41, 5.74) is 1.25. The van der Waals surface area contributed by atoms with Crippen LogP contribution < -0.4 is 10.6 Å². The van der Waals surface area contributed by atoms with Crippen molar-refractivity contribution in [2.45, 2.75) is 19.9 Å². The molecule has 3 amide bonds. The standard InChI is InChI=1S/C13H19N3O2/c1-9(2)14-13(18)15-11-7-5-10(6-8-11)12(17)16(3)4/h5-9H,1-4H3,(H2,14,15,18). The van der Waals surface area contributed by atoms with Crippen molar-refractivity contribution < 1.29 is 9.59 Å². The van der Waals surface area contributed by atoms with E-state index in [1.54, 1.807) is 38.4 Å². The van der Waals surface area contributed by atoms with Crippen LogP contribution in [-0.2, 0) is 0 Å². The van der Waals surface area contributed by atoms with Crippen molar-refractivity contribution in [2.75, 3.05) is 19.4 Å². The molecule has 1 rings (SSSR count). The molecule has 0 fully saturated rings. The molecule has 0 aliphatic carbocycles. The first-order valence-corrected chi connectivity index (χ1v) is 5.79. The van der Waals surface area contributed by atoms with Crippen molar-refractivity contribution in [3.05, 3.63) is 29.8 Å². The minimum Gasteiger partial charge on any atom is -0.345 e. The Labute approximate surface area is 107 Å². The Morgan fingerprint density at radius 1 is 1.11 bits per heavy atom. The first kappa shape index (κ1) is 14.0. The van der Waals surface area contributed by atoms with Crippen molar-refractivity contribution in [3.63, 3.8) is 0 Å². The zero-order valence-corrected chi connectivity index (χ0v) is 11.2. The summed E-state index contributed by atoms with van der Waals surface area (Å²) in [4.78, 5) is 24.6. The molecule has 0 saturated carbocycles. The molecule has 1 aromatic rings. The molecule has 0 atom stereocenters. The maximum atomic E-state index is 11.6. The normalized spacial score (nSPS) is 10.1. The van der Waals surface area contributed by atoms with Crippen molar-refractivity contribution in [1.82, 2.24) is 10.2 Å². The summed E-state index contributed by atoms with van der Waals surface area (Å²) >= 11 is 0. The number of amides is 3. The lowest BCUT2D eigenvalue weighted by atomic mass is 10.2. The molecule has 0 spiro atoms. The summed E-state index contributed by atoms with van der Waals surface area (Å²) in [6, 6.07) is 6.62. The predicted octanol–water partition coefficient (Wildman–Crippen LogP) is 1.92. The van der Waals surface area contributed by atoms with Gasteiger partial charge in [-0.1, -0.05) is 0 Å². The number of urea groups is 1. The number of hydrogen-bond donors (Lipinski definition) is 2. The van der Waals surface area contributed by atoms with Crippen molar-refractivity contribution in [1.29, 1.82) is 0 Å². The summed E-state index contributed by atoms with van der Waals surface area (Å²) in [7, 11) is 3.40. The van der Waals surface area contributed by atoms with Crippen molar-refractivity contribution in [2.24, 2.45) is 0 Å². The minimum atomic E-state index is -0.253. The lowest BCUT2D eigenvalue weighted by molar-refractivity contribution is 0.0827. The van der Waals surface area contributed by atoms with E-state index in [-0.39, 0.29) is 18.0 Å². The Morgan fingerprint density at radius 3 is 2.11 bits per heavy atom. The van der Waals surface area contributed by atoms with Crippen LogP contribution in [0.3, 0.4) is 0 Å². The van der Waals surface area contributed by atoms with Gasteiger partial charge in [-0.3, -0.25) is 4.79 Å². The lowest BCUT2D eigenvalue weighted by Crippen LogP contribution is -2.34. The van der Waals surface area contributed by atoms with Crippen LogP contribution in [0.5, 0.6) is 0 Å². The van der Waals surface area contributed by atoms with Crippen LogP contribution in [0.25, 0.3) is 0 Å². The monoisotopic (exact) mass is 249 g/mol. The number of anilines is 1. The molecule has 0 saturated heterocycles. The molecule has 0 bridgehead atoms. The van der Waals surface area contributed by atoms with Crippen LogP contribution >= 0.6 is 0 Å². The second kappa shape index (κ2) is 6.05. The van der Waals surface area contributed by atoms with Crippen molar-refractivity contribution >= 4 is 17.6 Å². The molecule has 0 unspecified atom stereocenters. The molecular formula is C13H19N3O2. The Balaban J connectivity index is 2.66. The van der Waals surface area contributed by atoms with Crippen LogP contribution in [0.4, 0.5) is 10.5 Å². The Bertz CT molecular complexity index is 424. The van der Waals surface area contributed by atoms with Crippen LogP contribution in [-0.4, -0.2) is 37.0 Å². The Hall–Kier alpha value is -2.04. The molecule has 2 N–H and O–H groups in total. The molecule has 0 aliphatic heterocycles. The van der Waals surface area contributed by atoms with Crippen LogP contribution in [0.1, 0.15) is 24.2 Å². The molecule has 0 aromatic heterocycles. The maximum absolute atomic E-state index is 11.6. The van der Waals surface area contributed by atoms with E-state index >= 15 is 0 Å². The number of benzene rings is 1. The molecule has 5 heteroatoms. The topological polar surface area (TPSA) is 61.4 Å². The Kier molecular flexibility index (Phi) is 4.71. The van der Waals surface area contributed by atoms with Gasteiger partial charge in [0.15, 0.2) is 0 Å². The van der Waals surface area contributed by atoms with E-state index < -0.39 is 0 Å². The van der Waals surface area contributed by atoms with E-state index in [1.165, 1.54) is 4.90 Å². The largest absolute Gasteiger partial charge is 0.345 e. The SMILES string of the molecule is CC(C)NC(=O)Nc1ccc(C(=O)N(C)C)cc1. The van der Waals surface area contributed by atoms with E-state index in [4.69, 9.17) is 0 Å². The van der Waals surface area contributed by atoms with E-state index in [2.05, 4.69) is 10.6 Å². The smallest absolute Gasteiger partial charge is 0.319 e. The van der Waals surface area contributed by atoms with Gasteiger partial charge in [0.05, 0.1) is 0 Å². The average molecular weight is 249 g/mol. The van der Waals surface area contributed by atoms with Gasteiger partial charge in [0.2, 0.25) is 0 Å². The highest BCUT2D eigenvalue weighted by Gasteiger charge is 2.08. The zero-order valence-electron chi connectivity index (χ0n) is 11.2. The first-order valence-electron chi connectivity index (χ1n) is 5.79. The fourth-order valence-electron chi connectivity index (χ4n) is 1.38. The second-order valence-electron chi connectivity index (χ2n) is 4.53. The van der Waals surface area contributed by atoms with Crippen LogP contribution in [0.15, 0.2) is 24.3 Å². The number of hydrogen-bond acceptors (Lipinski definition) is 2. The molecule has 5 nitrogen and oxygen atoms in total. The fourth-order valence-corrected chi connectivity index (χ4v) is 1.38. The van der Waals surface area contributed by atoms with E-state index in [1.807, 2.05) is 13.8 Å². The van der Waals surface area contributed by atoms with Gasteiger partial charge in [0.25, 0.3) is 5.91 Å². The highest BCUT2D eigenvalue weighted by molar-refractivity contribution is 5.95. The third kappa shape index (κ3) is 4.08. The molecule has 98 valence electrons. The molecule has 18 heavy (non-hydrogen) atoms. The summed E-state index contributed by atoms with van der Waals surface area (Å²) in [6.45, 7) is 3.77. The van der Waals surface area contributed by atoms with Gasteiger partial charge in [-0.2, -0.15) is 0 Å². The molecule has 0 radical (unpaired) electrons. The van der Waals surface area contributed by atoms with Crippen LogP contribution in [0, 0.1) is 0 Å². The van der Waals surface area contributed by atoms with Gasteiger partial charge in [-0.25, -0.2) is 4.79 Å². The average Bonchev–Trinajstić information content (AvgIpc) is 2.27. The van der Waals surface area contributed by atoms with Gasteiger partial charge in [0.1, 0.15) is 0 Å². The molecule has 0 heterocycles. The van der Waals surface area contributed by atoms with Gasteiger partial charge in [-0.15, -0.1) is 0 Å².